The molecule has 1 aliphatic rings. The van der Waals surface area contributed by atoms with E-state index in [-0.39, 0.29) is 24.5 Å². The lowest BCUT2D eigenvalue weighted by Gasteiger charge is -2.35. The maximum absolute atomic E-state index is 12.6. The number of hydrogen-bond donors (Lipinski definition) is 1. The Bertz CT molecular complexity index is 343. The molecule has 0 saturated heterocycles. The van der Waals surface area contributed by atoms with Crippen LogP contribution in [0, 0.1) is 0 Å². The maximum Gasteiger partial charge on any atom is 0.320 e. The van der Waals surface area contributed by atoms with Crippen LogP contribution in [0.5, 0.6) is 0 Å². The number of likely N-dealkylation sites (N-methyl/N-ethyl adjacent to an activating group) is 2. The van der Waals surface area contributed by atoms with Crippen LogP contribution < -0.4 is 0 Å². The second-order valence-corrected chi connectivity index (χ2v) is 5.75. The standard InChI is InChI=1S/C14H27N3O3/c1-5-16(11(2)10-15(3)4)14(20)17(12-6-7-12)9-8-13(18)19/h11-12H,5-10H2,1-4H3,(H,18,19). The monoisotopic (exact) mass is 285 g/mol. The summed E-state index contributed by atoms with van der Waals surface area (Å²) in [5.41, 5.74) is 0. The minimum Gasteiger partial charge on any atom is -0.481 e. The van der Waals surface area contributed by atoms with Crippen LogP contribution in [0.25, 0.3) is 0 Å². The van der Waals surface area contributed by atoms with E-state index in [0.29, 0.717) is 13.1 Å². The van der Waals surface area contributed by atoms with Gasteiger partial charge in [-0.3, -0.25) is 4.79 Å². The van der Waals surface area contributed by atoms with Crippen molar-refractivity contribution < 1.29 is 14.7 Å². The largest absolute Gasteiger partial charge is 0.481 e. The van der Waals surface area contributed by atoms with Gasteiger partial charge in [0.25, 0.3) is 0 Å². The van der Waals surface area contributed by atoms with E-state index in [4.69, 9.17) is 5.11 Å². The van der Waals surface area contributed by atoms with Crippen LogP contribution in [-0.2, 0) is 4.79 Å². The average Bonchev–Trinajstić information content (AvgIpc) is 3.13. The number of carbonyl (C=O) groups is 2. The van der Waals surface area contributed by atoms with E-state index in [2.05, 4.69) is 4.90 Å². The minimum atomic E-state index is -0.854. The molecule has 1 fully saturated rings. The lowest BCUT2D eigenvalue weighted by molar-refractivity contribution is -0.137. The Labute approximate surface area is 121 Å². The number of aliphatic carboxylic acids is 1. The highest BCUT2D eigenvalue weighted by atomic mass is 16.4. The van der Waals surface area contributed by atoms with Crippen molar-refractivity contribution in [1.82, 2.24) is 14.7 Å². The number of nitrogens with zero attached hydrogens (tertiary/aromatic N) is 3. The molecular weight excluding hydrogens is 258 g/mol. The Morgan fingerprint density at radius 3 is 2.30 bits per heavy atom. The zero-order valence-corrected chi connectivity index (χ0v) is 13.0. The van der Waals surface area contributed by atoms with Gasteiger partial charge in [-0.1, -0.05) is 0 Å². The van der Waals surface area contributed by atoms with Crippen molar-refractivity contribution in [2.45, 2.75) is 45.2 Å². The molecule has 6 heteroatoms. The molecule has 2 amide bonds. The van der Waals surface area contributed by atoms with Gasteiger partial charge in [-0.25, -0.2) is 4.79 Å². The fourth-order valence-electron chi connectivity index (χ4n) is 2.46. The van der Waals surface area contributed by atoms with E-state index >= 15 is 0 Å². The van der Waals surface area contributed by atoms with Crippen LogP contribution in [0.2, 0.25) is 0 Å². The van der Waals surface area contributed by atoms with E-state index in [1.807, 2.05) is 32.8 Å². The highest BCUT2D eigenvalue weighted by Gasteiger charge is 2.35. The number of urea groups is 1. The fraction of sp³-hybridized carbons (Fsp3) is 0.857. The van der Waals surface area contributed by atoms with Crippen molar-refractivity contribution in [3.63, 3.8) is 0 Å². The van der Waals surface area contributed by atoms with Crippen LogP contribution in [0.15, 0.2) is 0 Å². The van der Waals surface area contributed by atoms with E-state index in [1.165, 1.54) is 0 Å². The van der Waals surface area contributed by atoms with Crippen molar-refractivity contribution in [2.75, 3.05) is 33.7 Å². The van der Waals surface area contributed by atoms with Gasteiger partial charge in [-0.05, 0) is 40.8 Å². The lowest BCUT2D eigenvalue weighted by Crippen LogP contribution is -2.51. The molecule has 0 aliphatic heterocycles. The quantitative estimate of drug-likeness (QED) is 0.730. The Balaban J connectivity index is 2.67. The first-order valence-electron chi connectivity index (χ1n) is 7.30. The van der Waals surface area contributed by atoms with Gasteiger partial charge in [0.15, 0.2) is 0 Å². The highest BCUT2D eigenvalue weighted by Crippen LogP contribution is 2.28. The molecule has 0 bridgehead atoms. The average molecular weight is 285 g/mol. The first kappa shape index (κ1) is 16.8. The molecule has 1 aliphatic carbocycles. The first-order valence-corrected chi connectivity index (χ1v) is 7.30. The SMILES string of the molecule is CCN(C(=O)N(CCC(=O)O)C1CC1)C(C)CN(C)C. The van der Waals surface area contributed by atoms with Crippen molar-refractivity contribution in [3.05, 3.63) is 0 Å². The molecule has 1 saturated carbocycles. The van der Waals surface area contributed by atoms with Crippen LogP contribution in [0.3, 0.4) is 0 Å². The normalized spacial score (nSPS) is 16.1. The third kappa shape index (κ3) is 5.00. The Hall–Kier alpha value is -1.30. The van der Waals surface area contributed by atoms with E-state index in [1.54, 1.807) is 4.90 Å². The topological polar surface area (TPSA) is 64.1 Å². The molecule has 1 atom stereocenters. The van der Waals surface area contributed by atoms with Crippen molar-refractivity contribution in [1.29, 1.82) is 0 Å². The number of carboxylic acid groups (broad SMARTS) is 1. The van der Waals surface area contributed by atoms with Gasteiger partial charge in [0.2, 0.25) is 0 Å². The molecule has 1 rings (SSSR count). The van der Waals surface area contributed by atoms with Crippen molar-refractivity contribution >= 4 is 12.0 Å². The summed E-state index contributed by atoms with van der Waals surface area (Å²) in [7, 11) is 3.97. The van der Waals surface area contributed by atoms with Crippen LogP contribution in [-0.4, -0.2) is 77.6 Å². The summed E-state index contributed by atoms with van der Waals surface area (Å²) < 4.78 is 0. The Morgan fingerprint density at radius 1 is 1.30 bits per heavy atom. The molecule has 0 aromatic carbocycles. The second-order valence-electron chi connectivity index (χ2n) is 5.75. The molecule has 6 nitrogen and oxygen atoms in total. The predicted octanol–water partition coefficient (Wildman–Crippen LogP) is 1.32. The first-order chi connectivity index (χ1) is 9.36. The van der Waals surface area contributed by atoms with Crippen LogP contribution in [0.4, 0.5) is 4.79 Å². The predicted molar refractivity (Wildman–Crippen MR) is 77.8 cm³/mol. The number of carbonyl (C=O) groups excluding carboxylic acids is 1. The molecule has 20 heavy (non-hydrogen) atoms. The minimum absolute atomic E-state index is 0.0157. The number of amides is 2. The van der Waals surface area contributed by atoms with Gasteiger partial charge < -0.3 is 19.8 Å². The molecule has 0 radical (unpaired) electrons. The van der Waals surface area contributed by atoms with Gasteiger partial charge in [0.05, 0.1) is 6.42 Å². The third-order valence-corrected chi connectivity index (χ3v) is 3.55. The van der Waals surface area contributed by atoms with E-state index in [9.17, 15) is 9.59 Å². The van der Waals surface area contributed by atoms with Crippen molar-refractivity contribution in [3.8, 4) is 0 Å². The van der Waals surface area contributed by atoms with Gasteiger partial charge in [0, 0.05) is 31.7 Å². The molecule has 116 valence electrons. The van der Waals surface area contributed by atoms with Gasteiger partial charge in [-0.15, -0.1) is 0 Å². The van der Waals surface area contributed by atoms with Crippen LogP contribution in [0.1, 0.15) is 33.1 Å². The molecule has 1 unspecified atom stereocenters. The smallest absolute Gasteiger partial charge is 0.320 e. The van der Waals surface area contributed by atoms with Gasteiger partial charge in [-0.2, -0.15) is 0 Å². The van der Waals surface area contributed by atoms with Gasteiger partial charge >= 0.3 is 12.0 Å². The fourth-order valence-corrected chi connectivity index (χ4v) is 2.46. The highest BCUT2D eigenvalue weighted by molar-refractivity contribution is 5.76. The number of carboxylic acids is 1. The summed E-state index contributed by atoms with van der Waals surface area (Å²) in [6, 6.07) is 0.335. The van der Waals surface area contributed by atoms with E-state index < -0.39 is 5.97 Å². The van der Waals surface area contributed by atoms with E-state index in [0.717, 1.165) is 19.4 Å². The maximum atomic E-state index is 12.6. The molecule has 0 aromatic rings. The summed E-state index contributed by atoms with van der Waals surface area (Å²) in [6.45, 7) is 5.75. The zero-order chi connectivity index (χ0) is 15.3. The number of rotatable bonds is 8. The Morgan fingerprint density at radius 2 is 1.90 bits per heavy atom. The zero-order valence-electron chi connectivity index (χ0n) is 13.0. The summed E-state index contributed by atoms with van der Waals surface area (Å²) in [4.78, 5) is 29.0. The summed E-state index contributed by atoms with van der Waals surface area (Å²) in [6.07, 6.45) is 2.00. The molecular formula is C14H27N3O3. The summed E-state index contributed by atoms with van der Waals surface area (Å²) >= 11 is 0. The second kappa shape index (κ2) is 7.47. The van der Waals surface area contributed by atoms with Gasteiger partial charge in [0.1, 0.15) is 0 Å². The summed E-state index contributed by atoms with van der Waals surface area (Å²) in [5.74, 6) is -0.854. The molecule has 1 N–H and O–H groups in total. The molecule has 0 heterocycles. The Kier molecular flexibility index (Phi) is 6.26. The lowest BCUT2D eigenvalue weighted by atomic mass is 10.2. The van der Waals surface area contributed by atoms with Crippen LogP contribution >= 0.6 is 0 Å². The third-order valence-electron chi connectivity index (χ3n) is 3.55. The number of hydrogen-bond acceptors (Lipinski definition) is 3. The molecule has 0 aromatic heterocycles. The van der Waals surface area contributed by atoms with Crippen molar-refractivity contribution in [2.24, 2.45) is 0 Å². The summed E-state index contributed by atoms with van der Waals surface area (Å²) in [5, 5.41) is 8.81. The molecule has 0 spiro atoms.